The summed E-state index contributed by atoms with van der Waals surface area (Å²) < 4.78 is 9.93. The van der Waals surface area contributed by atoms with Crippen molar-refractivity contribution in [2.75, 3.05) is 0 Å². The van der Waals surface area contributed by atoms with E-state index < -0.39 is 0 Å². The molecule has 0 aliphatic carbocycles. The average molecular weight is 313 g/mol. The Morgan fingerprint density at radius 2 is 1.65 bits per heavy atom. The molecule has 0 spiro atoms. The molecule has 0 atom stereocenters. The van der Waals surface area contributed by atoms with Crippen LogP contribution in [0.15, 0.2) is 40.2 Å². The van der Waals surface area contributed by atoms with Gasteiger partial charge in [-0.15, -0.1) is 0 Å². The third-order valence-corrected chi connectivity index (χ3v) is 3.14. The molecule has 0 N–H and O–H groups in total. The fourth-order valence-electron chi connectivity index (χ4n) is 2.21. The van der Waals surface area contributed by atoms with E-state index in [4.69, 9.17) is 8.83 Å². The van der Waals surface area contributed by atoms with Crippen molar-refractivity contribution >= 4 is 5.91 Å². The molecule has 23 heavy (non-hydrogen) atoms. The van der Waals surface area contributed by atoms with Crippen LogP contribution in [0.3, 0.4) is 0 Å². The van der Waals surface area contributed by atoms with E-state index in [1.807, 2.05) is 6.92 Å². The maximum Gasteiger partial charge on any atom is 0.273 e. The number of rotatable bonds is 5. The summed E-state index contributed by atoms with van der Waals surface area (Å²) in [5.74, 6) is 0.320. The molecule has 3 rings (SSSR count). The van der Waals surface area contributed by atoms with Gasteiger partial charge in [0.2, 0.25) is 0 Å². The molecule has 0 unspecified atom stereocenters. The number of nitrogens with zero attached hydrogens (tertiary/aromatic N) is 5. The molecule has 0 fully saturated rings. The summed E-state index contributed by atoms with van der Waals surface area (Å²) in [6.45, 7) is 4.14. The highest BCUT2D eigenvalue weighted by atomic mass is 16.3. The largest absolute Gasteiger partial charge is 0.451 e. The summed E-state index contributed by atoms with van der Waals surface area (Å²) in [7, 11) is 0. The molecule has 0 saturated heterocycles. The van der Waals surface area contributed by atoms with Crippen LogP contribution in [-0.4, -0.2) is 30.7 Å². The number of hydrogen-bond donors (Lipinski definition) is 0. The Labute approximate surface area is 132 Å². The molecule has 8 nitrogen and oxygen atoms in total. The topological polar surface area (TPSA) is 98.2 Å². The van der Waals surface area contributed by atoms with Crippen LogP contribution in [0.4, 0.5) is 0 Å². The van der Waals surface area contributed by atoms with Gasteiger partial charge in [-0.2, -0.15) is 0 Å². The summed E-state index contributed by atoms with van der Waals surface area (Å²) in [6, 6.07) is 1.66. The van der Waals surface area contributed by atoms with Crippen molar-refractivity contribution in [1.29, 1.82) is 0 Å². The third-order valence-electron chi connectivity index (χ3n) is 3.14. The van der Waals surface area contributed by atoms with Crippen LogP contribution in [0.25, 0.3) is 0 Å². The minimum Gasteiger partial charge on any atom is -0.451 e. The van der Waals surface area contributed by atoms with Gasteiger partial charge in [0, 0.05) is 5.69 Å². The molecule has 0 saturated carbocycles. The summed E-state index contributed by atoms with van der Waals surface area (Å²) in [4.78, 5) is 30.9. The number of aromatic nitrogens is 4. The number of carbonyl (C=O) groups is 1. The molecule has 3 aromatic heterocycles. The van der Waals surface area contributed by atoms with E-state index >= 15 is 0 Å². The van der Waals surface area contributed by atoms with Gasteiger partial charge in [-0.05, 0) is 19.9 Å². The highest BCUT2D eigenvalue weighted by Gasteiger charge is 2.20. The second-order valence-corrected chi connectivity index (χ2v) is 5.06. The van der Waals surface area contributed by atoms with Gasteiger partial charge < -0.3 is 13.7 Å². The maximum atomic E-state index is 12.8. The van der Waals surface area contributed by atoms with Crippen LogP contribution in [0.5, 0.6) is 0 Å². The summed E-state index contributed by atoms with van der Waals surface area (Å²) >= 11 is 0. The Morgan fingerprint density at radius 3 is 2.13 bits per heavy atom. The van der Waals surface area contributed by atoms with Crippen molar-refractivity contribution < 1.29 is 13.6 Å². The minimum absolute atomic E-state index is 0.232. The van der Waals surface area contributed by atoms with E-state index in [2.05, 4.69) is 19.9 Å². The van der Waals surface area contributed by atoms with Crippen LogP contribution in [-0.2, 0) is 13.1 Å². The molecule has 118 valence electrons. The monoisotopic (exact) mass is 313 g/mol. The van der Waals surface area contributed by atoms with Gasteiger partial charge >= 0.3 is 0 Å². The molecular weight excluding hydrogens is 298 g/mol. The highest BCUT2D eigenvalue weighted by molar-refractivity contribution is 5.92. The van der Waals surface area contributed by atoms with E-state index in [1.54, 1.807) is 17.9 Å². The van der Waals surface area contributed by atoms with Crippen molar-refractivity contribution in [2.45, 2.75) is 26.9 Å². The molecule has 1 amide bonds. The lowest BCUT2D eigenvalue weighted by Crippen LogP contribution is -2.31. The fraction of sp³-hybridized carbons (Fsp3) is 0.267. The molecule has 0 radical (unpaired) electrons. The van der Waals surface area contributed by atoms with Crippen LogP contribution < -0.4 is 0 Å². The summed E-state index contributed by atoms with van der Waals surface area (Å²) in [5, 5.41) is 0. The SMILES string of the molecule is Cc1cc(C(=O)N(Cc2cocn2)Cc2cocn2)nc(C)n1. The molecule has 0 bridgehead atoms. The van der Waals surface area contributed by atoms with E-state index in [-0.39, 0.29) is 19.0 Å². The van der Waals surface area contributed by atoms with Crippen molar-refractivity contribution in [3.05, 3.63) is 60.0 Å². The second-order valence-electron chi connectivity index (χ2n) is 5.06. The first-order valence-electron chi connectivity index (χ1n) is 6.97. The van der Waals surface area contributed by atoms with E-state index in [9.17, 15) is 4.79 Å². The number of amides is 1. The number of aryl methyl sites for hydroxylation is 2. The Morgan fingerprint density at radius 1 is 1.04 bits per heavy atom. The fourth-order valence-corrected chi connectivity index (χ4v) is 2.21. The van der Waals surface area contributed by atoms with Crippen molar-refractivity contribution in [3.8, 4) is 0 Å². The first-order valence-corrected chi connectivity index (χ1v) is 6.97. The lowest BCUT2D eigenvalue weighted by molar-refractivity contribution is 0.0719. The standard InChI is InChI=1S/C15H15N5O3/c1-10-3-14(19-11(2)18-10)15(21)20(4-12-6-22-8-16-12)5-13-7-23-9-17-13/h3,6-9H,4-5H2,1-2H3. The summed E-state index contributed by atoms with van der Waals surface area (Å²) in [5.41, 5.74) is 2.36. The first-order chi connectivity index (χ1) is 11.1. The second kappa shape index (κ2) is 6.39. The van der Waals surface area contributed by atoms with Crippen LogP contribution in [0.1, 0.15) is 33.4 Å². The van der Waals surface area contributed by atoms with Gasteiger partial charge in [0.25, 0.3) is 5.91 Å². The van der Waals surface area contributed by atoms with Crippen molar-refractivity contribution in [1.82, 2.24) is 24.8 Å². The predicted octanol–water partition coefficient (Wildman–Crippen LogP) is 1.91. The Bertz CT molecular complexity index is 727. The Hall–Kier alpha value is -3.03. The quantitative estimate of drug-likeness (QED) is 0.709. The van der Waals surface area contributed by atoms with Gasteiger partial charge in [-0.3, -0.25) is 4.79 Å². The predicted molar refractivity (Wildman–Crippen MR) is 78.1 cm³/mol. The van der Waals surface area contributed by atoms with Crippen LogP contribution >= 0.6 is 0 Å². The molecule has 8 heteroatoms. The Balaban J connectivity index is 1.88. The van der Waals surface area contributed by atoms with Gasteiger partial charge in [0.15, 0.2) is 12.8 Å². The zero-order valence-corrected chi connectivity index (χ0v) is 12.8. The van der Waals surface area contributed by atoms with Crippen LogP contribution in [0, 0.1) is 13.8 Å². The van der Waals surface area contributed by atoms with E-state index in [1.165, 1.54) is 25.3 Å². The van der Waals surface area contributed by atoms with Gasteiger partial charge in [-0.1, -0.05) is 0 Å². The van der Waals surface area contributed by atoms with Gasteiger partial charge in [0.05, 0.1) is 24.5 Å². The maximum absolute atomic E-state index is 12.8. The third kappa shape index (κ3) is 3.60. The number of hydrogen-bond acceptors (Lipinski definition) is 7. The normalized spacial score (nSPS) is 10.7. The zero-order valence-electron chi connectivity index (χ0n) is 12.8. The molecule has 3 aromatic rings. The first kappa shape index (κ1) is 14.9. The van der Waals surface area contributed by atoms with Crippen LogP contribution in [0.2, 0.25) is 0 Å². The number of oxazole rings is 2. The summed E-state index contributed by atoms with van der Waals surface area (Å²) in [6.07, 6.45) is 5.65. The number of carbonyl (C=O) groups excluding carboxylic acids is 1. The van der Waals surface area contributed by atoms with Crippen molar-refractivity contribution in [2.24, 2.45) is 0 Å². The average Bonchev–Trinajstić information content (AvgIpc) is 3.18. The van der Waals surface area contributed by atoms with E-state index in [0.29, 0.717) is 22.9 Å². The smallest absolute Gasteiger partial charge is 0.273 e. The minimum atomic E-state index is -0.232. The highest BCUT2D eigenvalue weighted by Crippen LogP contribution is 2.12. The molecule has 3 heterocycles. The van der Waals surface area contributed by atoms with Gasteiger partial charge in [0.1, 0.15) is 24.0 Å². The lowest BCUT2D eigenvalue weighted by atomic mass is 10.2. The molecule has 0 aliphatic rings. The van der Waals surface area contributed by atoms with E-state index in [0.717, 1.165) is 5.69 Å². The molecule has 0 aliphatic heterocycles. The molecule has 0 aromatic carbocycles. The Kier molecular flexibility index (Phi) is 4.13. The van der Waals surface area contributed by atoms with Gasteiger partial charge in [-0.25, -0.2) is 19.9 Å². The lowest BCUT2D eigenvalue weighted by Gasteiger charge is -2.20. The zero-order chi connectivity index (χ0) is 16.2. The molecular formula is C15H15N5O3. The van der Waals surface area contributed by atoms with Crippen molar-refractivity contribution in [3.63, 3.8) is 0 Å².